The molecule has 0 aliphatic carbocycles. The summed E-state index contributed by atoms with van der Waals surface area (Å²) < 4.78 is 37.5. The lowest BCUT2D eigenvalue weighted by Gasteiger charge is -2.18. The van der Waals surface area contributed by atoms with E-state index in [1.54, 1.807) is 6.92 Å². The van der Waals surface area contributed by atoms with E-state index in [0.717, 1.165) is 12.1 Å². The van der Waals surface area contributed by atoms with E-state index >= 15 is 0 Å². The number of rotatable bonds is 3. The van der Waals surface area contributed by atoms with Crippen molar-refractivity contribution in [1.82, 2.24) is 10.6 Å². The molecule has 0 radical (unpaired) electrons. The topological polar surface area (TPSA) is 61.4 Å². The number of anilines is 1. The van der Waals surface area contributed by atoms with Gasteiger partial charge in [0, 0.05) is 18.8 Å². The Kier molecular flexibility index (Phi) is 4.58. The quantitative estimate of drug-likeness (QED) is 0.897. The highest BCUT2D eigenvalue weighted by Crippen LogP contribution is 2.31. The van der Waals surface area contributed by atoms with Crippen LogP contribution in [0.1, 0.15) is 18.9 Å². The van der Waals surface area contributed by atoms with Gasteiger partial charge in [0.2, 0.25) is 5.91 Å². The number of urea groups is 1. The lowest BCUT2D eigenvalue weighted by molar-refractivity contribution is -0.137. The monoisotopic (exact) mass is 315 g/mol. The highest BCUT2D eigenvalue weighted by molar-refractivity contribution is 6.01. The Bertz CT molecular complexity index is 557. The van der Waals surface area contributed by atoms with Gasteiger partial charge < -0.3 is 15.5 Å². The van der Waals surface area contributed by atoms with Gasteiger partial charge in [-0.2, -0.15) is 13.2 Å². The van der Waals surface area contributed by atoms with Gasteiger partial charge in [-0.3, -0.25) is 4.79 Å². The van der Waals surface area contributed by atoms with Crippen LogP contribution in [0.3, 0.4) is 0 Å². The minimum Gasteiger partial charge on any atom is -0.338 e. The summed E-state index contributed by atoms with van der Waals surface area (Å²) in [6.07, 6.45) is -3.99. The molecule has 8 heteroatoms. The molecular weight excluding hydrogens is 299 g/mol. The second-order valence-corrected chi connectivity index (χ2v) is 4.88. The molecule has 1 heterocycles. The summed E-state index contributed by atoms with van der Waals surface area (Å²) in [5, 5.41) is 5.07. The second-order valence-electron chi connectivity index (χ2n) is 4.88. The van der Waals surface area contributed by atoms with Crippen molar-refractivity contribution in [1.29, 1.82) is 0 Å². The normalized spacial score (nSPS) is 18.5. The fourth-order valence-electron chi connectivity index (χ4n) is 2.27. The Labute approximate surface area is 125 Å². The molecule has 1 aromatic rings. The Morgan fingerprint density at radius 3 is 2.50 bits per heavy atom. The molecule has 0 aromatic heterocycles. The van der Waals surface area contributed by atoms with E-state index in [0.29, 0.717) is 25.2 Å². The smallest absolute Gasteiger partial charge is 0.338 e. The van der Waals surface area contributed by atoms with Crippen LogP contribution in [0, 0.1) is 0 Å². The van der Waals surface area contributed by atoms with Crippen LogP contribution in [0.25, 0.3) is 0 Å². The molecule has 1 fully saturated rings. The third kappa shape index (κ3) is 3.49. The van der Waals surface area contributed by atoms with Gasteiger partial charge >= 0.3 is 12.2 Å². The number of carbonyl (C=O) groups excluding carboxylic acids is 2. The second kappa shape index (κ2) is 6.25. The number of amides is 3. The molecule has 0 saturated carbocycles. The van der Waals surface area contributed by atoms with Crippen LogP contribution in [0.4, 0.5) is 23.7 Å². The van der Waals surface area contributed by atoms with Crippen LogP contribution in [0.15, 0.2) is 24.3 Å². The first-order chi connectivity index (χ1) is 10.3. The Balaban J connectivity index is 2.05. The SMILES string of the molecule is CCNC(=O)N[C@H]1CCN(c2ccc(C(F)(F)F)cc2)C1=O. The number of nitrogens with zero attached hydrogens (tertiary/aromatic N) is 1. The Morgan fingerprint density at radius 2 is 1.95 bits per heavy atom. The van der Waals surface area contributed by atoms with Crippen molar-refractivity contribution in [2.24, 2.45) is 0 Å². The predicted octanol–water partition coefficient (Wildman–Crippen LogP) is 2.13. The molecule has 1 atom stereocenters. The number of hydrogen-bond donors (Lipinski definition) is 2. The van der Waals surface area contributed by atoms with Gasteiger partial charge in [-0.05, 0) is 37.6 Å². The zero-order valence-electron chi connectivity index (χ0n) is 11.9. The number of nitrogens with one attached hydrogen (secondary N) is 2. The Morgan fingerprint density at radius 1 is 1.32 bits per heavy atom. The molecule has 22 heavy (non-hydrogen) atoms. The first kappa shape index (κ1) is 16.1. The van der Waals surface area contributed by atoms with Crippen LogP contribution in [-0.4, -0.2) is 31.1 Å². The minimum absolute atomic E-state index is 0.328. The zero-order chi connectivity index (χ0) is 16.3. The first-order valence-corrected chi connectivity index (χ1v) is 6.86. The maximum absolute atomic E-state index is 12.5. The van der Waals surface area contributed by atoms with Crippen molar-refractivity contribution in [2.45, 2.75) is 25.6 Å². The van der Waals surface area contributed by atoms with Crippen molar-refractivity contribution in [3.8, 4) is 0 Å². The molecular formula is C14H16F3N3O2. The molecule has 0 spiro atoms. The molecule has 1 aromatic carbocycles. The fraction of sp³-hybridized carbons (Fsp3) is 0.429. The van der Waals surface area contributed by atoms with E-state index in [-0.39, 0.29) is 5.91 Å². The van der Waals surface area contributed by atoms with E-state index in [1.807, 2.05) is 0 Å². The van der Waals surface area contributed by atoms with Crippen molar-refractivity contribution >= 4 is 17.6 Å². The highest BCUT2D eigenvalue weighted by atomic mass is 19.4. The maximum atomic E-state index is 12.5. The molecule has 0 bridgehead atoms. The third-order valence-corrected chi connectivity index (χ3v) is 3.35. The molecule has 120 valence electrons. The van der Waals surface area contributed by atoms with Crippen molar-refractivity contribution in [3.05, 3.63) is 29.8 Å². The van der Waals surface area contributed by atoms with Gasteiger partial charge in [0.25, 0.3) is 0 Å². The van der Waals surface area contributed by atoms with Gasteiger partial charge in [0.1, 0.15) is 6.04 Å². The lowest BCUT2D eigenvalue weighted by Crippen LogP contribution is -2.46. The molecule has 2 N–H and O–H groups in total. The standard InChI is InChI=1S/C14H16F3N3O2/c1-2-18-13(22)19-11-7-8-20(12(11)21)10-5-3-9(4-6-10)14(15,16)17/h3-6,11H,2,7-8H2,1H3,(H2,18,19,22)/t11-/m0/s1. The average molecular weight is 315 g/mol. The molecule has 1 aliphatic rings. The predicted molar refractivity (Wildman–Crippen MR) is 74.4 cm³/mol. The summed E-state index contributed by atoms with van der Waals surface area (Å²) in [4.78, 5) is 25.0. The van der Waals surface area contributed by atoms with Crippen LogP contribution < -0.4 is 15.5 Å². The number of carbonyl (C=O) groups is 2. The summed E-state index contributed by atoms with van der Waals surface area (Å²) in [7, 11) is 0. The van der Waals surface area contributed by atoms with Gasteiger partial charge in [0.15, 0.2) is 0 Å². The fourth-order valence-corrected chi connectivity index (χ4v) is 2.27. The largest absolute Gasteiger partial charge is 0.416 e. The number of benzene rings is 1. The molecule has 1 aliphatic heterocycles. The van der Waals surface area contributed by atoms with E-state index < -0.39 is 23.8 Å². The number of alkyl halides is 3. The van der Waals surface area contributed by atoms with Crippen LogP contribution >= 0.6 is 0 Å². The van der Waals surface area contributed by atoms with E-state index in [4.69, 9.17) is 0 Å². The van der Waals surface area contributed by atoms with E-state index in [2.05, 4.69) is 10.6 Å². The molecule has 0 unspecified atom stereocenters. The van der Waals surface area contributed by atoms with Crippen LogP contribution in [-0.2, 0) is 11.0 Å². The van der Waals surface area contributed by atoms with Gasteiger partial charge in [-0.15, -0.1) is 0 Å². The van der Waals surface area contributed by atoms with E-state index in [1.165, 1.54) is 17.0 Å². The van der Waals surface area contributed by atoms with Crippen LogP contribution in [0.2, 0.25) is 0 Å². The summed E-state index contributed by atoms with van der Waals surface area (Å²) in [6.45, 7) is 2.54. The average Bonchev–Trinajstić information content (AvgIpc) is 2.80. The maximum Gasteiger partial charge on any atom is 0.416 e. The summed E-state index contributed by atoms with van der Waals surface area (Å²) in [5.74, 6) is -0.328. The van der Waals surface area contributed by atoms with Gasteiger partial charge in [-0.1, -0.05) is 0 Å². The number of halogens is 3. The number of hydrogen-bond acceptors (Lipinski definition) is 2. The van der Waals surface area contributed by atoms with Crippen molar-refractivity contribution in [2.75, 3.05) is 18.0 Å². The van der Waals surface area contributed by atoms with E-state index in [9.17, 15) is 22.8 Å². The van der Waals surface area contributed by atoms with Crippen molar-refractivity contribution in [3.63, 3.8) is 0 Å². The summed E-state index contributed by atoms with van der Waals surface area (Å²) in [5.41, 5.74) is -0.377. The first-order valence-electron chi connectivity index (χ1n) is 6.86. The molecule has 1 saturated heterocycles. The van der Waals surface area contributed by atoms with Gasteiger partial charge in [-0.25, -0.2) is 4.79 Å². The molecule has 5 nitrogen and oxygen atoms in total. The third-order valence-electron chi connectivity index (χ3n) is 3.35. The molecule has 2 rings (SSSR count). The Hall–Kier alpha value is -2.25. The zero-order valence-corrected chi connectivity index (χ0v) is 11.9. The van der Waals surface area contributed by atoms with Crippen LogP contribution in [0.5, 0.6) is 0 Å². The molecule has 3 amide bonds. The highest BCUT2D eigenvalue weighted by Gasteiger charge is 2.34. The minimum atomic E-state index is -4.41. The summed E-state index contributed by atoms with van der Waals surface area (Å²) in [6, 6.07) is 3.30. The lowest BCUT2D eigenvalue weighted by atomic mass is 10.2. The van der Waals surface area contributed by atoms with Gasteiger partial charge in [0.05, 0.1) is 5.56 Å². The summed E-state index contributed by atoms with van der Waals surface area (Å²) >= 11 is 0. The van der Waals surface area contributed by atoms with Crippen molar-refractivity contribution < 1.29 is 22.8 Å².